The van der Waals surface area contributed by atoms with Gasteiger partial charge >= 0.3 is 0 Å². The number of aryl methyl sites for hydroxylation is 1. The van der Waals surface area contributed by atoms with Crippen molar-refractivity contribution >= 4 is 12.1 Å². The van der Waals surface area contributed by atoms with Gasteiger partial charge in [-0.25, -0.2) is 5.43 Å². The SMILES string of the molecule is COc1cc(C)c(/C=N\NC(=O)CC#N)cc1C(C)C. The van der Waals surface area contributed by atoms with Crippen LogP contribution in [0, 0.1) is 18.3 Å². The number of carbonyl (C=O) groups excluding carboxylic acids is 1. The summed E-state index contributed by atoms with van der Waals surface area (Å²) in [7, 11) is 1.65. The van der Waals surface area contributed by atoms with Crippen LogP contribution in [0.25, 0.3) is 0 Å². The maximum Gasteiger partial charge on any atom is 0.254 e. The van der Waals surface area contributed by atoms with E-state index in [-0.39, 0.29) is 6.42 Å². The molecule has 1 N–H and O–H groups in total. The summed E-state index contributed by atoms with van der Waals surface area (Å²) in [6.45, 7) is 6.12. The molecule has 106 valence electrons. The van der Waals surface area contributed by atoms with Gasteiger partial charge in [0.25, 0.3) is 5.91 Å². The highest BCUT2D eigenvalue weighted by Gasteiger charge is 2.10. The molecule has 0 aliphatic heterocycles. The Balaban J connectivity index is 2.96. The van der Waals surface area contributed by atoms with E-state index in [4.69, 9.17) is 10.00 Å². The molecule has 1 aromatic carbocycles. The number of nitriles is 1. The molecule has 0 saturated heterocycles. The van der Waals surface area contributed by atoms with Gasteiger partial charge < -0.3 is 4.74 Å². The van der Waals surface area contributed by atoms with E-state index in [1.54, 1.807) is 19.4 Å². The Kier molecular flexibility index (Phi) is 5.73. The molecule has 0 aromatic heterocycles. The lowest BCUT2D eigenvalue weighted by molar-refractivity contribution is -0.120. The number of nitrogens with zero attached hydrogens (tertiary/aromatic N) is 2. The number of hydrogen-bond acceptors (Lipinski definition) is 4. The van der Waals surface area contributed by atoms with E-state index in [1.807, 2.05) is 19.1 Å². The van der Waals surface area contributed by atoms with Crippen LogP contribution >= 0.6 is 0 Å². The van der Waals surface area contributed by atoms with E-state index in [0.29, 0.717) is 5.92 Å². The van der Waals surface area contributed by atoms with E-state index in [9.17, 15) is 4.79 Å². The average molecular weight is 273 g/mol. The molecule has 0 atom stereocenters. The van der Waals surface area contributed by atoms with Gasteiger partial charge in [0.2, 0.25) is 0 Å². The third kappa shape index (κ3) is 4.09. The molecule has 1 amide bonds. The van der Waals surface area contributed by atoms with Gasteiger partial charge in [0.1, 0.15) is 12.2 Å². The molecule has 1 rings (SSSR count). The van der Waals surface area contributed by atoms with Crippen LogP contribution in [0.4, 0.5) is 0 Å². The van der Waals surface area contributed by atoms with Crippen molar-refractivity contribution in [3.63, 3.8) is 0 Å². The zero-order valence-electron chi connectivity index (χ0n) is 12.2. The first-order valence-electron chi connectivity index (χ1n) is 6.37. The fourth-order valence-electron chi connectivity index (χ4n) is 1.77. The lowest BCUT2D eigenvalue weighted by Crippen LogP contribution is -2.16. The molecular weight excluding hydrogens is 254 g/mol. The summed E-state index contributed by atoms with van der Waals surface area (Å²) in [4.78, 5) is 11.1. The number of carbonyl (C=O) groups is 1. The van der Waals surface area contributed by atoms with Crippen LogP contribution in [-0.4, -0.2) is 19.2 Å². The normalized spacial score (nSPS) is 10.6. The Hall–Kier alpha value is -2.35. The average Bonchev–Trinajstić information content (AvgIpc) is 2.40. The molecule has 5 heteroatoms. The Morgan fingerprint density at radius 1 is 1.55 bits per heavy atom. The van der Waals surface area contributed by atoms with Crippen molar-refractivity contribution in [1.29, 1.82) is 5.26 Å². The van der Waals surface area contributed by atoms with Crippen LogP contribution in [0.5, 0.6) is 5.75 Å². The van der Waals surface area contributed by atoms with Crippen molar-refractivity contribution in [3.05, 3.63) is 28.8 Å². The van der Waals surface area contributed by atoms with E-state index in [1.165, 1.54) is 0 Å². The van der Waals surface area contributed by atoms with E-state index >= 15 is 0 Å². The van der Waals surface area contributed by atoms with Crippen LogP contribution < -0.4 is 10.2 Å². The first kappa shape index (κ1) is 15.7. The largest absolute Gasteiger partial charge is 0.496 e. The van der Waals surface area contributed by atoms with E-state index in [2.05, 4.69) is 24.4 Å². The minimum atomic E-state index is -0.418. The summed E-state index contributed by atoms with van der Waals surface area (Å²) in [5.41, 5.74) is 5.31. The number of hydrazone groups is 1. The summed E-state index contributed by atoms with van der Waals surface area (Å²) in [6, 6.07) is 5.72. The van der Waals surface area contributed by atoms with E-state index in [0.717, 1.165) is 22.4 Å². The number of nitrogens with one attached hydrogen (secondary N) is 1. The number of amides is 1. The van der Waals surface area contributed by atoms with Gasteiger partial charge in [0.05, 0.1) is 19.4 Å². The highest BCUT2D eigenvalue weighted by atomic mass is 16.5. The van der Waals surface area contributed by atoms with Gasteiger partial charge in [-0.2, -0.15) is 10.4 Å². The molecule has 0 heterocycles. The molecule has 0 fully saturated rings. The van der Waals surface area contributed by atoms with Crippen LogP contribution in [0.1, 0.15) is 42.9 Å². The number of methoxy groups -OCH3 is 1. The molecular formula is C15H19N3O2. The van der Waals surface area contributed by atoms with Crippen molar-refractivity contribution in [2.45, 2.75) is 33.1 Å². The van der Waals surface area contributed by atoms with Crippen molar-refractivity contribution < 1.29 is 9.53 Å². The Morgan fingerprint density at radius 2 is 2.25 bits per heavy atom. The maximum absolute atomic E-state index is 11.1. The number of hydrogen-bond donors (Lipinski definition) is 1. The Labute approximate surface area is 119 Å². The standard InChI is InChI=1S/C15H19N3O2/c1-10(2)13-8-12(11(3)7-14(13)20-4)9-17-18-15(19)5-6-16/h7-10H,5H2,1-4H3,(H,18,19)/b17-9-. The lowest BCUT2D eigenvalue weighted by Gasteiger charge is -2.14. The Morgan fingerprint density at radius 3 is 2.80 bits per heavy atom. The van der Waals surface area contributed by atoms with Crippen molar-refractivity contribution in [3.8, 4) is 11.8 Å². The zero-order valence-corrected chi connectivity index (χ0v) is 12.2. The van der Waals surface area contributed by atoms with Crippen molar-refractivity contribution in [1.82, 2.24) is 5.43 Å². The molecule has 0 aliphatic rings. The van der Waals surface area contributed by atoms with Crippen LogP contribution in [0.2, 0.25) is 0 Å². The van der Waals surface area contributed by atoms with Gasteiger partial charge in [-0.3, -0.25) is 4.79 Å². The van der Waals surface area contributed by atoms with Crippen molar-refractivity contribution in [2.24, 2.45) is 5.10 Å². The van der Waals surface area contributed by atoms with Gasteiger partial charge in [0, 0.05) is 0 Å². The number of benzene rings is 1. The first-order valence-corrected chi connectivity index (χ1v) is 6.37. The molecule has 1 aromatic rings. The zero-order chi connectivity index (χ0) is 15.1. The third-order valence-electron chi connectivity index (χ3n) is 2.87. The number of rotatable bonds is 5. The summed E-state index contributed by atoms with van der Waals surface area (Å²) < 4.78 is 5.37. The third-order valence-corrected chi connectivity index (χ3v) is 2.87. The fourth-order valence-corrected chi connectivity index (χ4v) is 1.77. The summed E-state index contributed by atoms with van der Waals surface area (Å²) in [6.07, 6.45) is 1.38. The quantitative estimate of drug-likeness (QED) is 0.661. The summed E-state index contributed by atoms with van der Waals surface area (Å²) in [5.74, 6) is 0.757. The van der Waals surface area contributed by atoms with Gasteiger partial charge in [-0.15, -0.1) is 0 Å². The number of ether oxygens (including phenoxy) is 1. The van der Waals surface area contributed by atoms with Crippen LogP contribution in [0.3, 0.4) is 0 Å². The molecule has 0 saturated carbocycles. The van der Waals surface area contributed by atoms with Crippen LogP contribution in [-0.2, 0) is 4.79 Å². The van der Waals surface area contributed by atoms with Gasteiger partial charge in [-0.1, -0.05) is 13.8 Å². The molecule has 0 spiro atoms. The minimum Gasteiger partial charge on any atom is -0.496 e. The van der Waals surface area contributed by atoms with Crippen LogP contribution in [0.15, 0.2) is 17.2 Å². The molecule has 0 unspecified atom stereocenters. The lowest BCUT2D eigenvalue weighted by atomic mass is 9.97. The minimum absolute atomic E-state index is 0.198. The predicted octanol–water partition coefficient (Wildman–Crippen LogP) is 2.49. The second kappa shape index (κ2) is 7.29. The second-order valence-electron chi connectivity index (χ2n) is 4.73. The molecule has 0 radical (unpaired) electrons. The highest BCUT2D eigenvalue weighted by Crippen LogP contribution is 2.28. The summed E-state index contributed by atoms with van der Waals surface area (Å²) >= 11 is 0. The monoisotopic (exact) mass is 273 g/mol. The Bertz CT molecular complexity index is 557. The first-order chi connectivity index (χ1) is 9.49. The van der Waals surface area contributed by atoms with Gasteiger partial charge in [-0.05, 0) is 41.7 Å². The second-order valence-corrected chi connectivity index (χ2v) is 4.73. The highest BCUT2D eigenvalue weighted by molar-refractivity contribution is 5.85. The molecule has 5 nitrogen and oxygen atoms in total. The fraction of sp³-hybridized carbons (Fsp3) is 0.400. The van der Waals surface area contributed by atoms with Crippen molar-refractivity contribution in [2.75, 3.05) is 7.11 Å². The van der Waals surface area contributed by atoms with Gasteiger partial charge in [0.15, 0.2) is 0 Å². The predicted molar refractivity (Wildman–Crippen MR) is 77.8 cm³/mol. The van der Waals surface area contributed by atoms with E-state index < -0.39 is 5.91 Å². The maximum atomic E-state index is 11.1. The summed E-state index contributed by atoms with van der Waals surface area (Å²) in [5, 5.41) is 12.2. The molecule has 0 aliphatic carbocycles. The molecule has 0 bridgehead atoms. The molecule has 20 heavy (non-hydrogen) atoms. The topological polar surface area (TPSA) is 74.5 Å². The smallest absolute Gasteiger partial charge is 0.254 e.